The molecule has 2 aromatic rings. The molecule has 6 nitrogen and oxygen atoms in total. The molecule has 34 heavy (non-hydrogen) atoms. The van der Waals surface area contributed by atoms with Gasteiger partial charge in [0, 0.05) is 43.8 Å². The number of hydrogen-bond donors (Lipinski definition) is 1. The predicted molar refractivity (Wildman–Crippen MR) is 129 cm³/mol. The third kappa shape index (κ3) is 5.34. The monoisotopic (exact) mass is 488 g/mol. The topological polar surface area (TPSA) is 75.7 Å². The maximum Gasteiger partial charge on any atom is 0.251 e. The van der Waals surface area contributed by atoms with Gasteiger partial charge < -0.3 is 10.1 Å². The lowest BCUT2D eigenvalue weighted by molar-refractivity contribution is 0.0486. The van der Waals surface area contributed by atoms with E-state index >= 15 is 0 Å². The third-order valence-electron chi connectivity index (χ3n) is 7.34. The van der Waals surface area contributed by atoms with Gasteiger partial charge in [-0.25, -0.2) is 12.8 Å². The molecule has 0 aromatic heterocycles. The van der Waals surface area contributed by atoms with Crippen molar-refractivity contribution in [3.8, 4) is 0 Å². The molecule has 1 saturated carbocycles. The zero-order chi connectivity index (χ0) is 24.2. The van der Waals surface area contributed by atoms with Crippen molar-refractivity contribution in [2.75, 3.05) is 26.8 Å². The Bertz CT molecular complexity index is 1110. The van der Waals surface area contributed by atoms with Crippen LogP contribution in [0.25, 0.3) is 0 Å². The second-order valence-electron chi connectivity index (χ2n) is 9.43. The van der Waals surface area contributed by atoms with Crippen molar-refractivity contribution in [1.82, 2.24) is 9.62 Å². The summed E-state index contributed by atoms with van der Waals surface area (Å²) in [6.07, 6.45) is 6.26. The Hall–Kier alpha value is -2.29. The van der Waals surface area contributed by atoms with E-state index in [-0.39, 0.29) is 22.7 Å². The highest BCUT2D eigenvalue weighted by Gasteiger charge is 2.35. The molecule has 0 atom stereocenters. The van der Waals surface area contributed by atoms with Crippen LogP contribution in [-0.2, 0) is 20.2 Å². The Morgan fingerprint density at radius 2 is 1.79 bits per heavy atom. The quantitative estimate of drug-likeness (QED) is 0.632. The van der Waals surface area contributed by atoms with Crippen LogP contribution in [0, 0.1) is 5.82 Å². The van der Waals surface area contributed by atoms with E-state index in [4.69, 9.17) is 4.74 Å². The summed E-state index contributed by atoms with van der Waals surface area (Å²) >= 11 is 0. The minimum absolute atomic E-state index is 0.00382. The van der Waals surface area contributed by atoms with E-state index in [9.17, 15) is 17.6 Å². The first-order valence-electron chi connectivity index (χ1n) is 12.0. The van der Waals surface area contributed by atoms with E-state index in [2.05, 4.69) is 5.32 Å². The fourth-order valence-electron chi connectivity index (χ4n) is 5.10. The summed E-state index contributed by atoms with van der Waals surface area (Å²) in [6, 6.07) is 12.7. The highest BCUT2D eigenvalue weighted by Crippen LogP contribution is 2.35. The second-order valence-corrected chi connectivity index (χ2v) is 11.4. The standard InChI is InChI=1S/C26H33FN2O4S/c1-29(23-10-3-2-4-11-23)34(31,32)24-12-5-7-20(17-24)25(30)28-19-26(13-15-33-16-14-26)21-8-6-9-22(27)18-21/h5-9,12,17-18,23H,2-4,10-11,13-16,19H2,1H3,(H,28,30). The van der Waals surface area contributed by atoms with Gasteiger partial charge in [0.1, 0.15) is 5.82 Å². The van der Waals surface area contributed by atoms with Gasteiger partial charge in [-0.05, 0) is 61.6 Å². The number of amides is 1. The predicted octanol–water partition coefficient (Wildman–Crippen LogP) is 4.26. The van der Waals surface area contributed by atoms with Crippen LogP contribution < -0.4 is 5.32 Å². The molecule has 1 aliphatic heterocycles. The average molecular weight is 489 g/mol. The minimum Gasteiger partial charge on any atom is -0.381 e. The molecule has 1 amide bonds. The van der Waals surface area contributed by atoms with Crippen LogP contribution >= 0.6 is 0 Å². The first kappa shape index (κ1) is 24.8. The fraction of sp³-hybridized carbons (Fsp3) is 0.500. The summed E-state index contributed by atoms with van der Waals surface area (Å²) in [5.41, 5.74) is 0.696. The van der Waals surface area contributed by atoms with Gasteiger partial charge in [-0.15, -0.1) is 0 Å². The molecule has 4 rings (SSSR count). The molecule has 1 saturated heterocycles. The third-order valence-corrected chi connectivity index (χ3v) is 9.24. The van der Waals surface area contributed by atoms with Gasteiger partial charge in [-0.3, -0.25) is 4.79 Å². The number of nitrogens with one attached hydrogen (secondary N) is 1. The first-order valence-corrected chi connectivity index (χ1v) is 13.5. The summed E-state index contributed by atoms with van der Waals surface area (Å²) in [5, 5.41) is 2.97. The van der Waals surface area contributed by atoms with Gasteiger partial charge in [0.2, 0.25) is 10.0 Å². The summed E-state index contributed by atoms with van der Waals surface area (Å²) in [5.74, 6) is -0.658. The number of sulfonamides is 1. The van der Waals surface area contributed by atoms with Crippen LogP contribution in [0.5, 0.6) is 0 Å². The van der Waals surface area contributed by atoms with Gasteiger partial charge in [0.25, 0.3) is 5.91 Å². The Kier molecular flexibility index (Phi) is 7.70. The maximum atomic E-state index is 13.9. The van der Waals surface area contributed by atoms with Crippen LogP contribution in [0.15, 0.2) is 53.4 Å². The summed E-state index contributed by atoms with van der Waals surface area (Å²) in [6.45, 7) is 1.39. The van der Waals surface area contributed by atoms with Crippen molar-refractivity contribution >= 4 is 15.9 Å². The van der Waals surface area contributed by atoms with Gasteiger partial charge >= 0.3 is 0 Å². The number of hydrogen-bond acceptors (Lipinski definition) is 4. The molecule has 1 aliphatic carbocycles. The van der Waals surface area contributed by atoms with E-state index in [0.717, 1.165) is 37.7 Å². The molecule has 0 bridgehead atoms. The Morgan fingerprint density at radius 3 is 2.50 bits per heavy atom. The van der Waals surface area contributed by atoms with Gasteiger partial charge in [0.05, 0.1) is 4.90 Å². The summed E-state index contributed by atoms with van der Waals surface area (Å²) < 4.78 is 47.4. The second kappa shape index (κ2) is 10.5. The molecule has 2 fully saturated rings. The molecule has 2 aliphatic rings. The fourth-order valence-corrected chi connectivity index (χ4v) is 6.57. The van der Waals surface area contributed by atoms with Gasteiger partial charge in [0.15, 0.2) is 0 Å². The average Bonchev–Trinajstić information content (AvgIpc) is 2.88. The molecule has 2 aromatic carbocycles. The molecule has 184 valence electrons. The number of rotatable bonds is 7. The zero-order valence-electron chi connectivity index (χ0n) is 19.6. The highest BCUT2D eigenvalue weighted by atomic mass is 32.2. The van der Waals surface area contributed by atoms with Gasteiger partial charge in [-0.2, -0.15) is 4.31 Å². The van der Waals surface area contributed by atoms with E-state index in [0.29, 0.717) is 38.2 Å². The number of benzene rings is 2. The number of carbonyl (C=O) groups is 1. The van der Waals surface area contributed by atoms with Crippen molar-refractivity contribution in [3.05, 3.63) is 65.5 Å². The van der Waals surface area contributed by atoms with Crippen LogP contribution in [0.3, 0.4) is 0 Å². The lowest BCUT2D eigenvalue weighted by Gasteiger charge is -2.38. The number of ether oxygens (including phenoxy) is 1. The van der Waals surface area contributed by atoms with Crippen molar-refractivity contribution < 1.29 is 22.3 Å². The summed E-state index contributed by atoms with van der Waals surface area (Å²) in [4.78, 5) is 13.2. The van der Waals surface area contributed by atoms with E-state index in [1.165, 1.54) is 28.6 Å². The number of halogens is 1. The number of nitrogens with zero attached hydrogens (tertiary/aromatic N) is 1. The molecule has 1 heterocycles. The Labute approximate surface area is 201 Å². The van der Waals surface area contributed by atoms with Crippen LogP contribution in [-0.4, -0.2) is 51.5 Å². The van der Waals surface area contributed by atoms with Crippen LogP contribution in [0.4, 0.5) is 4.39 Å². The van der Waals surface area contributed by atoms with Gasteiger partial charge in [-0.1, -0.05) is 37.5 Å². The van der Waals surface area contributed by atoms with Crippen LogP contribution in [0.2, 0.25) is 0 Å². The molecular formula is C26H33FN2O4S. The lowest BCUT2D eigenvalue weighted by atomic mass is 9.74. The van der Waals surface area contributed by atoms with Crippen molar-refractivity contribution in [2.45, 2.75) is 61.3 Å². The molecular weight excluding hydrogens is 455 g/mol. The van der Waals surface area contributed by atoms with Crippen molar-refractivity contribution in [2.24, 2.45) is 0 Å². The van der Waals surface area contributed by atoms with Crippen molar-refractivity contribution in [1.29, 1.82) is 0 Å². The molecule has 0 unspecified atom stereocenters. The molecule has 8 heteroatoms. The highest BCUT2D eigenvalue weighted by molar-refractivity contribution is 7.89. The van der Waals surface area contributed by atoms with E-state index in [1.807, 2.05) is 6.07 Å². The maximum absolute atomic E-state index is 13.9. The largest absolute Gasteiger partial charge is 0.381 e. The summed E-state index contributed by atoms with van der Waals surface area (Å²) in [7, 11) is -2.06. The SMILES string of the molecule is CN(C1CCCCC1)S(=O)(=O)c1cccc(C(=O)NCC2(c3cccc(F)c3)CCOCC2)c1. The Balaban J connectivity index is 1.50. The zero-order valence-corrected chi connectivity index (χ0v) is 20.5. The molecule has 0 spiro atoms. The van der Waals surface area contributed by atoms with E-state index < -0.39 is 15.4 Å². The lowest BCUT2D eigenvalue weighted by Crippen LogP contribution is -2.44. The smallest absolute Gasteiger partial charge is 0.251 e. The Morgan fingerprint density at radius 1 is 1.09 bits per heavy atom. The molecule has 1 N–H and O–H groups in total. The van der Waals surface area contributed by atoms with Crippen molar-refractivity contribution in [3.63, 3.8) is 0 Å². The van der Waals surface area contributed by atoms with E-state index in [1.54, 1.807) is 25.2 Å². The minimum atomic E-state index is -3.69. The molecule has 0 radical (unpaired) electrons. The van der Waals surface area contributed by atoms with Crippen LogP contribution in [0.1, 0.15) is 60.9 Å². The normalized spacial score (nSPS) is 19.1. The first-order chi connectivity index (χ1) is 16.3. The number of carbonyl (C=O) groups excluding carboxylic acids is 1.